The van der Waals surface area contributed by atoms with E-state index < -0.39 is 5.92 Å². The van der Waals surface area contributed by atoms with Gasteiger partial charge < -0.3 is 5.32 Å². The van der Waals surface area contributed by atoms with Gasteiger partial charge in [-0.25, -0.2) is 0 Å². The van der Waals surface area contributed by atoms with Gasteiger partial charge in [0.15, 0.2) is 0 Å². The first-order valence-electron chi connectivity index (χ1n) is 5.69. The summed E-state index contributed by atoms with van der Waals surface area (Å²) in [5.41, 5.74) is 0.921. The second kappa shape index (κ2) is 5.27. The third-order valence-electron chi connectivity index (χ3n) is 2.63. The lowest BCUT2D eigenvalue weighted by Gasteiger charge is -2.17. The summed E-state index contributed by atoms with van der Waals surface area (Å²) in [5, 5.41) is 6.73. The summed E-state index contributed by atoms with van der Waals surface area (Å²) in [6.07, 6.45) is 3.46. The quantitative estimate of drug-likeness (QED) is 0.883. The molecule has 2 rings (SSSR count). The van der Waals surface area contributed by atoms with Crippen LogP contribution >= 0.6 is 0 Å². The third-order valence-corrected chi connectivity index (χ3v) is 2.63. The molecule has 0 spiro atoms. The van der Waals surface area contributed by atoms with Crippen molar-refractivity contribution in [3.8, 4) is 0 Å². The zero-order chi connectivity index (χ0) is 13.0. The van der Waals surface area contributed by atoms with Gasteiger partial charge in [0.05, 0.1) is 12.7 Å². The van der Waals surface area contributed by atoms with Crippen LogP contribution in [-0.4, -0.2) is 16.3 Å². The first-order chi connectivity index (χ1) is 8.58. The van der Waals surface area contributed by atoms with Crippen molar-refractivity contribution in [3.63, 3.8) is 0 Å². The maximum atomic E-state index is 13.8. The fourth-order valence-corrected chi connectivity index (χ4v) is 1.71. The number of alkyl halides is 2. The van der Waals surface area contributed by atoms with Gasteiger partial charge in [-0.3, -0.25) is 4.68 Å². The van der Waals surface area contributed by atoms with Crippen LogP contribution in [0.25, 0.3) is 0 Å². The zero-order valence-electron chi connectivity index (χ0n) is 10.1. The highest BCUT2D eigenvalue weighted by Crippen LogP contribution is 2.26. The van der Waals surface area contributed by atoms with E-state index in [9.17, 15) is 8.78 Å². The monoisotopic (exact) mass is 251 g/mol. The highest BCUT2D eigenvalue weighted by Gasteiger charge is 2.30. The summed E-state index contributed by atoms with van der Waals surface area (Å²) >= 11 is 0. The molecular formula is C13H15F2N3. The average molecular weight is 251 g/mol. The van der Waals surface area contributed by atoms with Crippen LogP contribution in [0.15, 0.2) is 42.7 Å². The molecule has 0 amide bonds. The lowest BCUT2D eigenvalue weighted by atomic mass is 10.1. The number of benzene rings is 1. The Hall–Kier alpha value is -1.75. The number of nitrogens with zero attached hydrogens (tertiary/aromatic N) is 2. The summed E-state index contributed by atoms with van der Waals surface area (Å²) in [7, 11) is 1.79. The number of aromatic nitrogens is 2. The van der Waals surface area contributed by atoms with Gasteiger partial charge in [-0.05, 0) is 0 Å². The Balaban J connectivity index is 1.89. The van der Waals surface area contributed by atoms with Gasteiger partial charge in [0, 0.05) is 30.9 Å². The van der Waals surface area contributed by atoms with E-state index in [1.807, 2.05) is 0 Å². The fraction of sp³-hybridized carbons (Fsp3) is 0.308. The molecule has 1 N–H and O–H groups in total. The van der Waals surface area contributed by atoms with Crippen molar-refractivity contribution >= 4 is 0 Å². The summed E-state index contributed by atoms with van der Waals surface area (Å²) in [4.78, 5) is 0. The predicted molar refractivity (Wildman–Crippen MR) is 65.3 cm³/mol. The average Bonchev–Trinajstić information content (AvgIpc) is 2.76. The molecular weight excluding hydrogens is 236 g/mol. The SMILES string of the molecule is Cn1cc(CNCC(F)(F)c2ccccc2)cn1. The van der Waals surface area contributed by atoms with Crippen molar-refractivity contribution in [3.05, 3.63) is 53.9 Å². The molecule has 0 aliphatic rings. The first kappa shape index (κ1) is 12.7. The molecule has 96 valence electrons. The van der Waals surface area contributed by atoms with E-state index >= 15 is 0 Å². The molecule has 3 nitrogen and oxygen atoms in total. The molecule has 1 aromatic heterocycles. The van der Waals surface area contributed by atoms with Crippen molar-refractivity contribution in [1.29, 1.82) is 0 Å². The molecule has 0 radical (unpaired) electrons. The van der Waals surface area contributed by atoms with Crippen LogP contribution in [0.2, 0.25) is 0 Å². The first-order valence-corrected chi connectivity index (χ1v) is 5.69. The molecule has 5 heteroatoms. The Morgan fingerprint density at radius 1 is 1.28 bits per heavy atom. The molecule has 0 bridgehead atoms. The Morgan fingerprint density at radius 2 is 2.00 bits per heavy atom. The van der Waals surface area contributed by atoms with Crippen molar-refractivity contribution in [1.82, 2.24) is 15.1 Å². The normalized spacial score (nSPS) is 11.7. The second-order valence-corrected chi connectivity index (χ2v) is 4.20. The summed E-state index contributed by atoms with van der Waals surface area (Å²) in [5.74, 6) is -2.86. The van der Waals surface area contributed by atoms with Gasteiger partial charge in [-0.15, -0.1) is 0 Å². The Morgan fingerprint density at radius 3 is 2.61 bits per heavy atom. The van der Waals surface area contributed by atoms with Crippen molar-refractivity contribution in [2.75, 3.05) is 6.54 Å². The minimum absolute atomic E-state index is 0.0312. The largest absolute Gasteiger partial charge is 0.307 e. The maximum absolute atomic E-state index is 13.8. The van der Waals surface area contributed by atoms with E-state index in [0.29, 0.717) is 6.54 Å². The molecule has 0 unspecified atom stereocenters. The highest BCUT2D eigenvalue weighted by molar-refractivity contribution is 5.20. The molecule has 0 aliphatic heterocycles. The van der Waals surface area contributed by atoms with E-state index in [1.54, 1.807) is 42.3 Å². The molecule has 0 saturated heterocycles. The van der Waals surface area contributed by atoms with Gasteiger partial charge in [-0.1, -0.05) is 30.3 Å². The zero-order valence-corrected chi connectivity index (χ0v) is 10.1. The molecule has 18 heavy (non-hydrogen) atoms. The van der Waals surface area contributed by atoms with Crippen molar-refractivity contribution in [2.45, 2.75) is 12.5 Å². The van der Waals surface area contributed by atoms with Crippen LogP contribution in [0.5, 0.6) is 0 Å². The van der Waals surface area contributed by atoms with Crippen LogP contribution in [0.1, 0.15) is 11.1 Å². The number of rotatable bonds is 5. The topological polar surface area (TPSA) is 29.9 Å². The third kappa shape index (κ3) is 3.13. The number of aryl methyl sites for hydroxylation is 1. The fourth-order valence-electron chi connectivity index (χ4n) is 1.71. The van der Waals surface area contributed by atoms with E-state index in [2.05, 4.69) is 10.4 Å². The minimum atomic E-state index is -2.86. The van der Waals surface area contributed by atoms with Gasteiger partial charge in [0.1, 0.15) is 0 Å². The summed E-state index contributed by atoms with van der Waals surface area (Å²) < 4.78 is 29.2. The molecule has 0 fully saturated rings. The van der Waals surface area contributed by atoms with Gasteiger partial charge in [0.2, 0.25) is 0 Å². The maximum Gasteiger partial charge on any atom is 0.285 e. The van der Waals surface area contributed by atoms with Gasteiger partial charge in [0.25, 0.3) is 5.92 Å². The standard InChI is InChI=1S/C13H15F2N3/c1-18-9-11(8-17-18)7-16-10-13(14,15)12-5-3-2-4-6-12/h2-6,8-9,16H,7,10H2,1H3. The van der Waals surface area contributed by atoms with E-state index in [-0.39, 0.29) is 12.1 Å². The second-order valence-electron chi connectivity index (χ2n) is 4.20. The Bertz CT molecular complexity index is 494. The van der Waals surface area contributed by atoms with E-state index in [4.69, 9.17) is 0 Å². The Kier molecular flexibility index (Phi) is 3.72. The lowest BCUT2D eigenvalue weighted by Crippen LogP contribution is -2.30. The van der Waals surface area contributed by atoms with Crippen LogP contribution in [0, 0.1) is 0 Å². The molecule has 0 aliphatic carbocycles. The lowest BCUT2D eigenvalue weighted by molar-refractivity contribution is -0.00343. The number of halogens is 2. The predicted octanol–water partition coefficient (Wildman–Crippen LogP) is 2.30. The van der Waals surface area contributed by atoms with Crippen LogP contribution in [-0.2, 0) is 19.5 Å². The summed E-state index contributed by atoms with van der Waals surface area (Å²) in [6.45, 7) is 0.00215. The van der Waals surface area contributed by atoms with Crippen LogP contribution in [0.4, 0.5) is 8.78 Å². The number of hydrogen-bond donors (Lipinski definition) is 1. The Labute approximate surface area is 104 Å². The minimum Gasteiger partial charge on any atom is -0.307 e. The van der Waals surface area contributed by atoms with Gasteiger partial charge in [-0.2, -0.15) is 13.9 Å². The molecule has 1 aromatic carbocycles. The van der Waals surface area contributed by atoms with Crippen molar-refractivity contribution < 1.29 is 8.78 Å². The highest BCUT2D eigenvalue weighted by atomic mass is 19.3. The molecule has 1 heterocycles. The van der Waals surface area contributed by atoms with E-state index in [1.165, 1.54) is 12.1 Å². The number of hydrogen-bond acceptors (Lipinski definition) is 2. The van der Waals surface area contributed by atoms with Crippen molar-refractivity contribution in [2.24, 2.45) is 7.05 Å². The molecule has 0 atom stereocenters. The van der Waals surface area contributed by atoms with Gasteiger partial charge >= 0.3 is 0 Å². The van der Waals surface area contributed by atoms with Crippen LogP contribution in [0.3, 0.4) is 0 Å². The van der Waals surface area contributed by atoms with Crippen LogP contribution < -0.4 is 5.32 Å². The summed E-state index contributed by atoms with van der Waals surface area (Å²) in [6, 6.07) is 7.83. The molecule has 0 saturated carbocycles. The molecule has 2 aromatic rings. The number of nitrogens with one attached hydrogen (secondary N) is 1. The van der Waals surface area contributed by atoms with E-state index in [0.717, 1.165) is 5.56 Å². The smallest absolute Gasteiger partial charge is 0.285 e.